The molecule has 2 N–H and O–H groups in total. The van der Waals surface area contributed by atoms with Crippen molar-refractivity contribution in [3.63, 3.8) is 0 Å². The van der Waals surface area contributed by atoms with E-state index in [-0.39, 0.29) is 6.54 Å². The molecule has 0 amide bonds. The first kappa shape index (κ1) is 15.5. The van der Waals surface area contributed by atoms with Gasteiger partial charge in [-0.15, -0.1) is 0 Å². The molecule has 104 valence electrons. The normalized spacial score (nSPS) is 9.84. The summed E-state index contributed by atoms with van der Waals surface area (Å²) in [5, 5.41) is 0. The van der Waals surface area contributed by atoms with Crippen molar-refractivity contribution in [2.75, 3.05) is 26.4 Å². The third-order valence-electron chi connectivity index (χ3n) is 2.40. The fourth-order valence-electron chi connectivity index (χ4n) is 1.40. The minimum absolute atomic E-state index is 0.215. The van der Waals surface area contributed by atoms with Crippen molar-refractivity contribution in [3.05, 3.63) is 29.6 Å². The zero-order valence-corrected chi connectivity index (χ0v) is 11.2. The Bertz CT molecular complexity index is 438. The van der Waals surface area contributed by atoms with Gasteiger partial charge in [-0.25, -0.2) is 4.39 Å². The molecule has 0 bridgehead atoms. The molecule has 0 aromatic heterocycles. The Morgan fingerprint density at radius 2 is 2.11 bits per heavy atom. The lowest BCUT2D eigenvalue weighted by atomic mass is 10.2. The third kappa shape index (κ3) is 6.23. The largest absolute Gasteiger partial charge is 0.491 e. The SMILES string of the molecule is CCCCOCCOc1ccc(C#CCN)c(F)c1. The van der Waals surface area contributed by atoms with E-state index >= 15 is 0 Å². The van der Waals surface area contributed by atoms with E-state index in [9.17, 15) is 4.39 Å². The predicted octanol–water partition coefficient (Wildman–Crippen LogP) is 2.33. The number of ether oxygens (including phenoxy) is 2. The van der Waals surface area contributed by atoms with Gasteiger partial charge in [-0.1, -0.05) is 25.2 Å². The van der Waals surface area contributed by atoms with Crippen LogP contribution in [0.4, 0.5) is 4.39 Å². The van der Waals surface area contributed by atoms with Crippen LogP contribution in [0, 0.1) is 17.7 Å². The van der Waals surface area contributed by atoms with Crippen LogP contribution in [0.2, 0.25) is 0 Å². The molecule has 0 aliphatic heterocycles. The summed E-state index contributed by atoms with van der Waals surface area (Å²) in [4.78, 5) is 0. The van der Waals surface area contributed by atoms with Crippen LogP contribution in [-0.4, -0.2) is 26.4 Å². The molecule has 19 heavy (non-hydrogen) atoms. The highest BCUT2D eigenvalue weighted by Gasteiger charge is 2.02. The smallest absolute Gasteiger partial charge is 0.142 e. The van der Waals surface area contributed by atoms with E-state index in [1.165, 1.54) is 6.07 Å². The molecular formula is C15H20FNO2. The van der Waals surface area contributed by atoms with Crippen molar-refractivity contribution >= 4 is 0 Å². The number of unbranched alkanes of at least 4 members (excludes halogenated alkanes) is 1. The summed E-state index contributed by atoms with van der Waals surface area (Å²) < 4.78 is 24.3. The van der Waals surface area contributed by atoms with E-state index in [1.807, 2.05) is 0 Å². The van der Waals surface area contributed by atoms with E-state index in [0.717, 1.165) is 19.4 Å². The molecule has 1 aromatic rings. The molecule has 1 rings (SSSR count). The van der Waals surface area contributed by atoms with Crippen molar-refractivity contribution in [2.24, 2.45) is 5.73 Å². The van der Waals surface area contributed by atoms with Crippen LogP contribution in [0.5, 0.6) is 5.75 Å². The van der Waals surface area contributed by atoms with Crippen LogP contribution in [0.15, 0.2) is 18.2 Å². The average molecular weight is 265 g/mol. The zero-order valence-electron chi connectivity index (χ0n) is 11.2. The van der Waals surface area contributed by atoms with E-state index in [1.54, 1.807) is 12.1 Å². The number of halogens is 1. The molecule has 0 aliphatic rings. The summed E-state index contributed by atoms with van der Waals surface area (Å²) >= 11 is 0. The van der Waals surface area contributed by atoms with Crippen LogP contribution >= 0.6 is 0 Å². The number of benzene rings is 1. The second-order valence-electron chi connectivity index (χ2n) is 3.96. The van der Waals surface area contributed by atoms with Gasteiger partial charge >= 0.3 is 0 Å². The van der Waals surface area contributed by atoms with Crippen LogP contribution in [0.25, 0.3) is 0 Å². The number of hydrogen-bond donors (Lipinski definition) is 1. The fourth-order valence-corrected chi connectivity index (χ4v) is 1.40. The quantitative estimate of drug-likeness (QED) is 0.608. The second-order valence-corrected chi connectivity index (χ2v) is 3.96. The number of nitrogens with two attached hydrogens (primary N) is 1. The lowest BCUT2D eigenvalue weighted by Gasteiger charge is -2.07. The molecule has 0 atom stereocenters. The monoisotopic (exact) mass is 265 g/mol. The molecule has 4 heteroatoms. The molecule has 0 saturated carbocycles. The van der Waals surface area contributed by atoms with Crippen LogP contribution < -0.4 is 10.5 Å². The van der Waals surface area contributed by atoms with E-state index < -0.39 is 5.82 Å². The molecule has 0 unspecified atom stereocenters. The lowest BCUT2D eigenvalue weighted by molar-refractivity contribution is 0.0979. The minimum Gasteiger partial charge on any atom is -0.491 e. The van der Waals surface area contributed by atoms with Gasteiger partial charge in [-0.2, -0.15) is 0 Å². The van der Waals surface area contributed by atoms with Crippen molar-refractivity contribution in [3.8, 4) is 17.6 Å². The molecule has 0 fully saturated rings. The molecule has 0 radical (unpaired) electrons. The highest BCUT2D eigenvalue weighted by molar-refractivity contribution is 5.39. The van der Waals surface area contributed by atoms with Gasteiger partial charge in [0.15, 0.2) is 0 Å². The van der Waals surface area contributed by atoms with Crippen molar-refractivity contribution in [2.45, 2.75) is 19.8 Å². The molecular weight excluding hydrogens is 245 g/mol. The van der Waals surface area contributed by atoms with Gasteiger partial charge in [0.2, 0.25) is 0 Å². The Kier molecular flexibility index (Phi) is 7.64. The van der Waals surface area contributed by atoms with Gasteiger partial charge in [0.1, 0.15) is 18.2 Å². The number of hydrogen-bond acceptors (Lipinski definition) is 3. The Balaban J connectivity index is 2.37. The van der Waals surface area contributed by atoms with Crippen LogP contribution in [-0.2, 0) is 4.74 Å². The first-order valence-corrected chi connectivity index (χ1v) is 6.47. The molecule has 0 aliphatic carbocycles. The Labute approximate surface area is 113 Å². The van der Waals surface area contributed by atoms with Gasteiger partial charge < -0.3 is 15.2 Å². The van der Waals surface area contributed by atoms with Crippen molar-refractivity contribution in [1.29, 1.82) is 0 Å². The van der Waals surface area contributed by atoms with Crippen molar-refractivity contribution < 1.29 is 13.9 Å². The second kappa shape index (κ2) is 9.37. The van der Waals surface area contributed by atoms with Crippen LogP contribution in [0.1, 0.15) is 25.3 Å². The Morgan fingerprint density at radius 3 is 2.79 bits per heavy atom. The summed E-state index contributed by atoms with van der Waals surface area (Å²) in [7, 11) is 0. The number of rotatable bonds is 7. The molecule has 0 spiro atoms. The topological polar surface area (TPSA) is 44.5 Å². The van der Waals surface area contributed by atoms with Gasteiger partial charge in [-0.3, -0.25) is 0 Å². The molecule has 3 nitrogen and oxygen atoms in total. The minimum atomic E-state index is -0.398. The van der Waals surface area contributed by atoms with Gasteiger partial charge in [0.05, 0.1) is 18.7 Å². The van der Waals surface area contributed by atoms with E-state index in [2.05, 4.69) is 18.8 Å². The third-order valence-corrected chi connectivity index (χ3v) is 2.40. The summed E-state index contributed by atoms with van der Waals surface area (Å²) in [5.41, 5.74) is 5.57. The summed E-state index contributed by atoms with van der Waals surface area (Å²) in [6.45, 7) is 3.99. The van der Waals surface area contributed by atoms with Gasteiger partial charge in [0.25, 0.3) is 0 Å². The van der Waals surface area contributed by atoms with Crippen molar-refractivity contribution in [1.82, 2.24) is 0 Å². The summed E-state index contributed by atoms with van der Waals surface area (Å²) in [6.07, 6.45) is 2.15. The summed E-state index contributed by atoms with van der Waals surface area (Å²) in [6, 6.07) is 4.60. The zero-order chi connectivity index (χ0) is 13.9. The van der Waals surface area contributed by atoms with Crippen LogP contribution in [0.3, 0.4) is 0 Å². The maximum absolute atomic E-state index is 13.6. The Hall–Kier alpha value is -1.57. The first-order chi connectivity index (χ1) is 9.27. The maximum atomic E-state index is 13.6. The predicted molar refractivity (Wildman–Crippen MR) is 73.6 cm³/mol. The summed E-state index contributed by atoms with van der Waals surface area (Å²) in [5.74, 6) is 5.36. The van der Waals surface area contributed by atoms with E-state index in [0.29, 0.717) is 24.5 Å². The maximum Gasteiger partial charge on any atom is 0.142 e. The molecule has 1 aromatic carbocycles. The molecule has 0 heterocycles. The highest BCUT2D eigenvalue weighted by Crippen LogP contribution is 2.15. The lowest BCUT2D eigenvalue weighted by Crippen LogP contribution is -2.07. The van der Waals surface area contributed by atoms with E-state index in [4.69, 9.17) is 15.2 Å². The highest BCUT2D eigenvalue weighted by atomic mass is 19.1. The molecule has 0 saturated heterocycles. The Morgan fingerprint density at radius 1 is 1.26 bits per heavy atom. The fraction of sp³-hybridized carbons (Fsp3) is 0.467. The first-order valence-electron chi connectivity index (χ1n) is 6.47. The average Bonchev–Trinajstić information content (AvgIpc) is 2.42. The van der Waals surface area contributed by atoms with Gasteiger partial charge in [-0.05, 0) is 18.6 Å². The standard InChI is InChI=1S/C15H20FNO2/c1-2-3-9-18-10-11-19-14-7-6-13(5-4-8-17)15(16)12-14/h6-7,12H,2-3,8-11,17H2,1H3. The van der Waals surface area contributed by atoms with Gasteiger partial charge in [0, 0.05) is 12.7 Å².